The van der Waals surface area contributed by atoms with Crippen LogP contribution in [0.3, 0.4) is 0 Å². The number of hydrogen-bond donors (Lipinski definition) is 1. The minimum Gasteiger partial charge on any atom is -0.462 e. The molecule has 0 atom stereocenters. The Bertz CT molecular complexity index is 994. The summed E-state index contributed by atoms with van der Waals surface area (Å²) >= 11 is 8.64. The van der Waals surface area contributed by atoms with Crippen LogP contribution in [-0.2, 0) is 9.53 Å². The number of thioether (sulfide) groups is 1. The molecule has 0 spiro atoms. The number of anilines is 1. The second-order valence-electron chi connectivity index (χ2n) is 5.47. The number of ether oxygens (including phenoxy) is 1. The number of para-hydroxylation sites is 1. The third kappa shape index (κ3) is 5.09. The number of esters is 1. The van der Waals surface area contributed by atoms with Crippen molar-refractivity contribution in [2.24, 2.45) is 0 Å². The first-order valence-corrected chi connectivity index (χ1v) is 10.5. The molecule has 1 N–H and O–H groups in total. The van der Waals surface area contributed by atoms with Gasteiger partial charge in [-0.05, 0) is 42.7 Å². The SMILES string of the molecule is CCOC(=O)c1ccccc1NC(=O)CSc1nc(-c2ccccc2Cl)ns1. The molecule has 1 aromatic heterocycles. The zero-order valence-corrected chi connectivity index (χ0v) is 17.2. The van der Waals surface area contributed by atoms with Gasteiger partial charge in [-0.3, -0.25) is 4.79 Å². The van der Waals surface area contributed by atoms with E-state index in [-0.39, 0.29) is 18.3 Å². The van der Waals surface area contributed by atoms with Gasteiger partial charge in [0.1, 0.15) is 0 Å². The summed E-state index contributed by atoms with van der Waals surface area (Å²) in [4.78, 5) is 28.7. The van der Waals surface area contributed by atoms with Crippen molar-refractivity contribution in [2.75, 3.05) is 17.7 Å². The molecule has 0 aliphatic rings. The average molecular weight is 434 g/mol. The molecule has 0 fully saturated rings. The van der Waals surface area contributed by atoms with Gasteiger partial charge >= 0.3 is 5.97 Å². The largest absolute Gasteiger partial charge is 0.462 e. The van der Waals surface area contributed by atoms with Crippen LogP contribution in [0.5, 0.6) is 0 Å². The Morgan fingerprint density at radius 1 is 1.18 bits per heavy atom. The van der Waals surface area contributed by atoms with Gasteiger partial charge in [-0.1, -0.05) is 47.6 Å². The lowest BCUT2D eigenvalue weighted by Crippen LogP contribution is -2.17. The van der Waals surface area contributed by atoms with Crippen molar-refractivity contribution < 1.29 is 14.3 Å². The van der Waals surface area contributed by atoms with Crippen LogP contribution in [-0.4, -0.2) is 33.6 Å². The molecule has 3 aromatic rings. The predicted molar refractivity (Wildman–Crippen MR) is 112 cm³/mol. The highest BCUT2D eigenvalue weighted by molar-refractivity contribution is 8.01. The summed E-state index contributed by atoms with van der Waals surface area (Å²) in [5, 5.41) is 3.32. The molecule has 0 aliphatic heterocycles. The van der Waals surface area contributed by atoms with E-state index in [0.717, 1.165) is 5.56 Å². The van der Waals surface area contributed by atoms with Crippen molar-refractivity contribution in [3.63, 3.8) is 0 Å². The van der Waals surface area contributed by atoms with Gasteiger partial charge in [-0.15, -0.1) is 0 Å². The van der Waals surface area contributed by atoms with Crippen LogP contribution in [0.1, 0.15) is 17.3 Å². The van der Waals surface area contributed by atoms with Crippen molar-refractivity contribution >= 4 is 52.5 Å². The fourth-order valence-corrected chi connectivity index (χ4v) is 3.94. The van der Waals surface area contributed by atoms with E-state index in [4.69, 9.17) is 16.3 Å². The van der Waals surface area contributed by atoms with Gasteiger partial charge < -0.3 is 10.1 Å². The molecule has 1 heterocycles. The number of nitrogens with zero attached hydrogens (tertiary/aromatic N) is 2. The number of rotatable bonds is 7. The predicted octanol–water partition coefficient (Wildman–Crippen LogP) is 4.77. The third-order valence-electron chi connectivity index (χ3n) is 3.55. The zero-order chi connectivity index (χ0) is 19.9. The highest BCUT2D eigenvalue weighted by Crippen LogP contribution is 2.29. The molecule has 1 amide bonds. The fourth-order valence-electron chi connectivity index (χ4n) is 2.31. The quantitative estimate of drug-likeness (QED) is 0.427. The van der Waals surface area contributed by atoms with E-state index < -0.39 is 5.97 Å². The molecule has 0 saturated carbocycles. The monoisotopic (exact) mass is 433 g/mol. The number of nitrogens with one attached hydrogen (secondary N) is 1. The van der Waals surface area contributed by atoms with Crippen LogP contribution >= 0.6 is 34.9 Å². The van der Waals surface area contributed by atoms with E-state index >= 15 is 0 Å². The van der Waals surface area contributed by atoms with Crippen molar-refractivity contribution in [1.82, 2.24) is 9.36 Å². The third-order valence-corrected chi connectivity index (χ3v) is 5.71. The van der Waals surface area contributed by atoms with Crippen molar-refractivity contribution in [3.05, 3.63) is 59.1 Å². The van der Waals surface area contributed by atoms with Crippen LogP contribution in [0, 0.1) is 0 Å². The minimum atomic E-state index is -0.473. The molecule has 3 rings (SSSR count). The second-order valence-corrected chi connectivity index (χ2v) is 7.85. The second kappa shape index (κ2) is 9.68. The normalized spacial score (nSPS) is 10.5. The van der Waals surface area contributed by atoms with Gasteiger partial charge in [-0.25, -0.2) is 9.78 Å². The van der Waals surface area contributed by atoms with Gasteiger partial charge in [-0.2, -0.15) is 4.37 Å². The smallest absolute Gasteiger partial charge is 0.340 e. The summed E-state index contributed by atoms with van der Waals surface area (Å²) in [6.07, 6.45) is 0. The first kappa shape index (κ1) is 20.3. The van der Waals surface area contributed by atoms with Crippen LogP contribution in [0.2, 0.25) is 5.02 Å². The molecule has 0 aliphatic carbocycles. The number of hydrogen-bond acceptors (Lipinski definition) is 7. The Balaban J connectivity index is 1.62. The Morgan fingerprint density at radius 3 is 2.71 bits per heavy atom. The van der Waals surface area contributed by atoms with E-state index in [1.54, 1.807) is 37.3 Å². The highest BCUT2D eigenvalue weighted by atomic mass is 35.5. The summed E-state index contributed by atoms with van der Waals surface area (Å²) in [6, 6.07) is 14.1. The topological polar surface area (TPSA) is 81.2 Å². The Hall–Kier alpha value is -2.42. The van der Waals surface area contributed by atoms with Gasteiger partial charge in [0.05, 0.1) is 28.6 Å². The highest BCUT2D eigenvalue weighted by Gasteiger charge is 2.15. The maximum atomic E-state index is 12.3. The van der Waals surface area contributed by atoms with Crippen LogP contribution in [0.25, 0.3) is 11.4 Å². The Morgan fingerprint density at radius 2 is 1.93 bits per heavy atom. The number of halogens is 1. The van der Waals surface area contributed by atoms with E-state index in [1.807, 2.05) is 18.2 Å². The first-order valence-electron chi connectivity index (χ1n) is 8.36. The summed E-state index contributed by atoms with van der Waals surface area (Å²) < 4.78 is 9.97. The molecule has 0 bridgehead atoms. The van der Waals surface area contributed by atoms with Crippen molar-refractivity contribution in [1.29, 1.82) is 0 Å². The summed E-state index contributed by atoms with van der Waals surface area (Å²) in [5.41, 5.74) is 1.49. The number of carbonyl (C=O) groups is 2. The summed E-state index contributed by atoms with van der Waals surface area (Å²) in [7, 11) is 0. The minimum absolute atomic E-state index is 0.133. The number of carbonyl (C=O) groups excluding carboxylic acids is 2. The Kier molecular flexibility index (Phi) is 7.02. The van der Waals surface area contributed by atoms with Crippen LogP contribution in [0.15, 0.2) is 52.9 Å². The van der Waals surface area contributed by atoms with E-state index in [2.05, 4.69) is 14.7 Å². The number of benzene rings is 2. The fraction of sp³-hybridized carbons (Fsp3) is 0.158. The maximum absolute atomic E-state index is 12.3. The van der Waals surface area contributed by atoms with Gasteiger partial charge in [0.15, 0.2) is 10.2 Å². The average Bonchev–Trinajstić information content (AvgIpc) is 3.16. The van der Waals surface area contributed by atoms with Crippen molar-refractivity contribution in [2.45, 2.75) is 11.3 Å². The molecule has 0 unspecified atom stereocenters. The van der Waals surface area contributed by atoms with Gasteiger partial charge in [0.25, 0.3) is 0 Å². The van der Waals surface area contributed by atoms with Crippen LogP contribution in [0.4, 0.5) is 5.69 Å². The molecular formula is C19H16ClN3O3S2. The van der Waals surface area contributed by atoms with E-state index in [9.17, 15) is 9.59 Å². The molecule has 0 saturated heterocycles. The first-order chi connectivity index (χ1) is 13.6. The zero-order valence-electron chi connectivity index (χ0n) is 14.8. The molecule has 6 nitrogen and oxygen atoms in total. The maximum Gasteiger partial charge on any atom is 0.340 e. The molecule has 144 valence electrons. The van der Waals surface area contributed by atoms with Gasteiger partial charge in [0.2, 0.25) is 5.91 Å². The lowest BCUT2D eigenvalue weighted by molar-refractivity contribution is -0.113. The summed E-state index contributed by atoms with van der Waals surface area (Å²) in [6.45, 7) is 2.00. The number of amides is 1. The Labute approximate surface area is 175 Å². The van der Waals surface area contributed by atoms with E-state index in [0.29, 0.717) is 26.4 Å². The van der Waals surface area contributed by atoms with E-state index in [1.165, 1.54) is 23.3 Å². The molecule has 0 radical (unpaired) electrons. The van der Waals surface area contributed by atoms with Crippen LogP contribution < -0.4 is 5.32 Å². The van der Waals surface area contributed by atoms with Gasteiger partial charge in [0, 0.05) is 5.56 Å². The van der Waals surface area contributed by atoms with Crippen molar-refractivity contribution in [3.8, 4) is 11.4 Å². The lowest BCUT2D eigenvalue weighted by atomic mass is 10.2. The molecule has 9 heteroatoms. The molecule has 28 heavy (non-hydrogen) atoms. The molecule has 2 aromatic carbocycles. The number of aromatic nitrogens is 2. The lowest BCUT2D eigenvalue weighted by Gasteiger charge is -2.09. The molecular weight excluding hydrogens is 418 g/mol. The standard InChI is InChI=1S/C19H16ClN3O3S2/c1-2-26-18(25)13-8-4-6-10-15(13)21-16(24)11-27-19-22-17(23-28-19)12-7-3-5-9-14(12)20/h3-10H,2,11H2,1H3,(H,21,24). The summed E-state index contributed by atoms with van der Waals surface area (Å²) in [5.74, 6) is -0.0594.